The third-order valence-electron chi connectivity index (χ3n) is 6.70. The highest BCUT2D eigenvalue weighted by atomic mass is 79.9. The SMILES string of the molecule is CCCCCCCCCCCCCCCCC[N+](CC)(CC)c1ccccc1.[Br-]. The Morgan fingerprint density at radius 3 is 1.28 bits per heavy atom. The normalized spacial score (nSPS) is 11.4. The maximum Gasteiger partial charge on any atom is 0.132 e. The van der Waals surface area contributed by atoms with Crippen LogP contribution in [0.1, 0.15) is 117 Å². The summed E-state index contributed by atoms with van der Waals surface area (Å²) in [5.41, 5.74) is 1.50. The first-order valence-electron chi connectivity index (χ1n) is 12.7. The minimum atomic E-state index is 0. The molecule has 0 heterocycles. The van der Waals surface area contributed by atoms with Gasteiger partial charge in [-0.2, -0.15) is 0 Å². The second kappa shape index (κ2) is 19.6. The van der Waals surface area contributed by atoms with Crippen molar-refractivity contribution in [3.05, 3.63) is 30.3 Å². The van der Waals surface area contributed by atoms with Crippen LogP contribution in [0, 0.1) is 0 Å². The molecule has 0 atom stereocenters. The lowest BCUT2D eigenvalue weighted by Gasteiger charge is -2.36. The third kappa shape index (κ3) is 12.8. The number of para-hydroxylation sites is 1. The number of nitrogens with zero attached hydrogens (tertiary/aromatic N) is 1. The lowest BCUT2D eigenvalue weighted by atomic mass is 10.0. The molecule has 0 unspecified atom stereocenters. The number of hydrogen-bond donors (Lipinski definition) is 0. The van der Waals surface area contributed by atoms with Gasteiger partial charge in [-0.1, -0.05) is 109 Å². The summed E-state index contributed by atoms with van der Waals surface area (Å²) in [5, 5.41) is 0. The number of quaternary nitrogens is 1. The van der Waals surface area contributed by atoms with Gasteiger partial charge in [0.25, 0.3) is 0 Å². The van der Waals surface area contributed by atoms with E-state index in [9.17, 15) is 0 Å². The smallest absolute Gasteiger partial charge is 0.132 e. The monoisotopic (exact) mass is 467 g/mol. The Morgan fingerprint density at radius 2 is 0.897 bits per heavy atom. The first kappa shape index (κ1) is 28.7. The van der Waals surface area contributed by atoms with Crippen LogP contribution < -0.4 is 21.5 Å². The van der Waals surface area contributed by atoms with Gasteiger partial charge in [0.1, 0.15) is 5.69 Å². The fourth-order valence-electron chi connectivity index (χ4n) is 4.56. The zero-order valence-corrected chi connectivity index (χ0v) is 21.5. The van der Waals surface area contributed by atoms with E-state index >= 15 is 0 Å². The molecule has 0 radical (unpaired) electrons. The molecule has 1 aromatic rings. The molecule has 0 spiro atoms. The predicted octanol–water partition coefficient (Wildman–Crippen LogP) is 5.91. The van der Waals surface area contributed by atoms with Crippen LogP contribution in [0.15, 0.2) is 30.3 Å². The molecule has 0 aliphatic heterocycles. The molecule has 0 aliphatic rings. The highest BCUT2D eigenvalue weighted by Crippen LogP contribution is 2.24. The first-order valence-corrected chi connectivity index (χ1v) is 12.7. The molecule has 1 rings (SSSR count). The first-order chi connectivity index (χ1) is 13.8. The van der Waals surface area contributed by atoms with Crippen molar-refractivity contribution in [2.45, 2.75) is 117 Å². The predicted molar refractivity (Wildman–Crippen MR) is 129 cm³/mol. The number of halogens is 1. The molecule has 29 heavy (non-hydrogen) atoms. The van der Waals surface area contributed by atoms with Crippen LogP contribution in [0.25, 0.3) is 0 Å². The van der Waals surface area contributed by atoms with Gasteiger partial charge in [-0.25, -0.2) is 0 Å². The maximum absolute atomic E-state index is 2.35. The summed E-state index contributed by atoms with van der Waals surface area (Å²) in [6.07, 6.45) is 21.6. The van der Waals surface area contributed by atoms with E-state index in [4.69, 9.17) is 0 Å². The second-order valence-electron chi connectivity index (χ2n) is 8.79. The van der Waals surface area contributed by atoms with E-state index in [1.807, 2.05) is 0 Å². The van der Waals surface area contributed by atoms with Crippen LogP contribution in [0.4, 0.5) is 5.69 Å². The number of benzene rings is 1. The molecule has 0 aromatic heterocycles. The fraction of sp³-hybridized carbons (Fsp3) is 0.778. The average molecular weight is 469 g/mol. The van der Waals surface area contributed by atoms with Crippen molar-refractivity contribution in [1.82, 2.24) is 4.48 Å². The van der Waals surface area contributed by atoms with Gasteiger partial charge >= 0.3 is 0 Å². The summed E-state index contributed by atoms with van der Waals surface area (Å²) in [6, 6.07) is 11.2. The summed E-state index contributed by atoms with van der Waals surface area (Å²) in [4.78, 5) is 0. The zero-order valence-electron chi connectivity index (χ0n) is 19.9. The quantitative estimate of drug-likeness (QED) is 0.175. The number of rotatable bonds is 19. The van der Waals surface area contributed by atoms with Crippen LogP contribution in [0.5, 0.6) is 0 Å². The van der Waals surface area contributed by atoms with E-state index in [2.05, 4.69) is 51.1 Å². The van der Waals surface area contributed by atoms with Crippen LogP contribution in [0.3, 0.4) is 0 Å². The van der Waals surface area contributed by atoms with E-state index in [1.54, 1.807) is 0 Å². The lowest BCUT2D eigenvalue weighted by Crippen LogP contribution is -3.00. The molecule has 1 nitrogen and oxygen atoms in total. The van der Waals surface area contributed by atoms with Gasteiger partial charge in [-0.05, 0) is 38.8 Å². The minimum absolute atomic E-state index is 0. The summed E-state index contributed by atoms with van der Waals surface area (Å²) in [7, 11) is 0. The van der Waals surface area contributed by atoms with E-state index < -0.39 is 0 Å². The third-order valence-corrected chi connectivity index (χ3v) is 6.70. The molecule has 0 amide bonds. The molecule has 1 aromatic carbocycles. The zero-order chi connectivity index (χ0) is 20.3. The Balaban J connectivity index is 0.00000784. The van der Waals surface area contributed by atoms with Crippen molar-refractivity contribution in [3.8, 4) is 0 Å². The van der Waals surface area contributed by atoms with Gasteiger partial charge in [0, 0.05) is 0 Å². The molecule has 170 valence electrons. The van der Waals surface area contributed by atoms with Gasteiger partial charge < -0.3 is 17.0 Å². The van der Waals surface area contributed by atoms with Gasteiger partial charge in [-0.15, -0.1) is 0 Å². The van der Waals surface area contributed by atoms with E-state index in [0.717, 1.165) is 4.48 Å². The molecule has 2 heteroatoms. The van der Waals surface area contributed by atoms with E-state index in [-0.39, 0.29) is 17.0 Å². The summed E-state index contributed by atoms with van der Waals surface area (Å²) < 4.78 is 1.15. The fourth-order valence-corrected chi connectivity index (χ4v) is 4.56. The van der Waals surface area contributed by atoms with Gasteiger partial charge in [0.2, 0.25) is 0 Å². The van der Waals surface area contributed by atoms with E-state index in [1.165, 1.54) is 122 Å². The van der Waals surface area contributed by atoms with Crippen molar-refractivity contribution in [3.63, 3.8) is 0 Å². The number of unbranched alkanes of at least 4 members (excludes halogenated alkanes) is 14. The minimum Gasteiger partial charge on any atom is -1.00 e. The Hall–Kier alpha value is -0.340. The van der Waals surface area contributed by atoms with Crippen LogP contribution in [-0.2, 0) is 0 Å². The average Bonchev–Trinajstić information content (AvgIpc) is 2.74. The van der Waals surface area contributed by atoms with Gasteiger partial charge in [-0.3, -0.25) is 4.48 Å². The summed E-state index contributed by atoms with van der Waals surface area (Å²) >= 11 is 0. The van der Waals surface area contributed by atoms with Gasteiger partial charge in [0.05, 0.1) is 19.6 Å². The Bertz CT molecular complexity index is 441. The Labute approximate surface area is 194 Å². The second-order valence-corrected chi connectivity index (χ2v) is 8.79. The molecule has 0 saturated carbocycles. The van der Waals surface area contributed by atoms with Crippen molar-refractivity contribution >= 4 is 5.69 Å². The topological polar surface area (TPSA) is 0 Å². The molecular formula is C27H50BrN. The molecule has 0 bridgehead atoms. The Morgan fingerprint density at radius 1 is 0.517 bits per heavy atom. The molecule has 0 saturated heterocycles. The lowest BCUT2D eigenvalue weighted by molar-refractivity contribution is -0.00000615. The summed E-state index contributed by atoms with van der Waals surface area (Å²) in [5.74, 6) is 0. The highest BCUT2D eigenvalue weighted by molar-refractivity contribution is 5.42. The molecule has 0 aliphatic carbocycles. The number of hydrogen-bond acceptors (Lipinski definition) is 0. The van der Waals surface area contributed by atoms with Crippen molar-refractivity contribution < 1.29 is 17.0 Å². The van der Waals surface area contributed by atoms with Crippen LogP contribution >= 0.6 is 0 Å². The van der Waals surface area contributed by atoms with Gasteiger partial charge in [0.15, 0.2) is 0 Å². The molecule has 0 N–H and O–H groups in total. The standard InChI is InChI=1S/C27H50N.BrH/c1-4-7-8-9-10-11-12-13-14-15-16-17-18-19-23-26-28(5-2,6-3)27-24-21-20-22-25-27;/h20-22,24-25H,4-19,23,26H2,1-3H3;1H/q+1;/p-1. The van der Waals surface area contributed by atoms with Crippen molar-refractivity contribution in [2.75, 3.05) is 19.6 Å². The van der Waals surface area contributed by atoms with Crippen LogP contribution in [0.2, 0.25) is 0 Å². The summed E-state index contributed by atoms with van der Waals surface area (Å²) in [6.45, 7) is 10.7. The molecule has 0 fully saturated rings. The van der Waals surface area contributed by atoms with Crippen LogP contribution in [-0.4, -0.2) is 19.6 Å². The van der Waals surface area contributed by atoms with Crippen molar-refractivity contribution in [1.29, 1.82) is 0 Å². The molecular weight excluding hydrogens is 418 g/mol. The highest BCUT2D eigenvalue weighted by Gasteiger charge is 2.25. The van der Waals surface area contributed by atoms with Crippen molar-refractivity contribution in [2.24, 2.45) is 0 Å². The van der Waals surface area contributed by atoms with E-state index in [0.29, 0.717) is 0 Å². The largest absolute Gasteiger partial charge is 1.00 e. The maximum atomic E-state index is 2.35. The Kier molecular flexibility index (Phi) is 19.4.